The number of rotatable bonds is 4. The predicted octanol–water partition coefficient (Wildman–Crippen LogP) is 3.44. The van der Waals surface area contributed by atoms with E-state index in [-0.39, 0.29) is 0 Å². The van der Waals surface area contributed by atoms with Gasteiger partial charge in [0.25, 0.3) is 0 Å². The third kappa shape index (κ3) is 3.12. The fourth-order valence-corrected chi connectivity index (χ4v) is 2.44. The monoisotopic (exact) mass is 229 g/mol. The van der Waals surface area contributed by atoms with E-state index in [2.05, 4.69) is 48.5 Å². The zero-order chi connectivity index (χ0) is 11.2. The summed E-state index contributed by atoms with van der Waals surface area (Å²) in [6.07, 6.45) is 0. The van der Waals surface area contributed by atoms with Crippen LogP contribution in [-0.4, -0.2) is 0 Å². The van der Waals surface area contributed by atoms with Gasteiger partial charge in [-0.15, -0.1) is 11.8 Å². The van der Waals surface area contributed by atoms with Crippen molar-refractivity contribution in [2.75, 3.05) is 0 Å². The molecule has 0 bridgehead atoms. The van der Waals surface area contributed by atoms with Crippen LogP contribution < -0.4 is 5.73 Å². The molecule has 0 aromatic heterocycles. The van der Waals surface area contributed by atoms with E-state index in [1.54, 1.807) is 0 Å². The average molecular weight is 229 g/mol. The molecule has 2 rings (SSSR count). The number of hydrogen-bond donors (Lipinski definition) is 1. The third-order valence-electron chi connectivity index (χ3n) is 2.38. The highest BCUT2D eigenvalue weighted by Gasteiger charge is 1.97. The van der Waals surface area contributed by atoms with Gasteiger partial charge in [0.2, 0.25) is 0 Å². The van der Waals surface area contributed by atoms with Crippen molar-refractivity contribution in [1.29, 1.82) is 0 Å². The van der Waals surface area contributed by atoms with Gasteiger partial charge in [0.05, 0.1) is 0 Å². The van der Waals surface area contributed by atoms with E-state index in [0.717, 1.165) is 5.75 Å². The summed E-state index contributed by atoms with van der Waals surface area (Å²) < 4.78 is 0. The van der Waals surface area contributed by atoms with Crippen molar-refractivity contribution in [2.24, 2.45) is 5.73 Å². The first kappa shape index (κ1) is 11.2. The van der Waals surface area contributed by atoms with Crippen molar-refractivity contribution in [3.05, 3.63) is 65.7 Å². The van der Waals surface area contributed by atoms with Crippen molar-refractivity contribution >= 4 is 11.8 Å². The van der Waals surface area contributed by atoms with Crippen molar-refractivity contribution in [3.8, 4) is 0 Å². The molecule has 0 heterocycles. The summed E-state index contributed by atoms with van der Waals surface area (Å²) in [5.41, 5.74) is 8.16. The van der Waals surface area contributed by atoms with Crippen LogP contribution in [0, 0.1) is 0 Å². The van der Waals surface area contributed by atoms with Gasteiger partial charge >= 0.3 is 0 Å². The highest BCUT2D eigenvalue weighted by molar-refractivity contribution is 7.98. The van der Waals surface area contributed by atoms with Gasteiger partial charge in [-0.1, -0.05) is 42.5 Å². The summed E-state index contributed by atoms with van der Waals surface area (Å²) in [5, 5.41) is 0. The molecule has 0 aliphatic carbocycles. The summed E-state index contributed by atoms with van der Waals surface area (Å²) in [6, 6.07) is 18.9. The topological polar surface area (TPSA) is 26.0 Å². The van der Waals surface area contributed by atoms with Gasteiger partial charge in [-0.2, -0.15) is 0 Å². The molecule has 0 atom stereocenters. The second-order valence-electron chi connectivity index (χ2n) is 3.63. The van der Waals surface area contributed by atoms with Crippen molar-refractivity contribution in [3.63, 3.8) is 0 Å². The van der Waals surface area contributed by atoms with Crippen LogP contribution in [0.15, 0.2) is 59.5 Å². The minimum Gasteiger partial charge on any atom is -0.326 e. The van der Waals surface area contributed by atoms with Crippen LogP contribution in [0.5, 0.6) is 0 Å². The molecule has 82 valence electrons. The molecule has 0 unspecified atom stereocenters. The molecule has 1 nitrogen and oxygen atoms in total. The summed E-state index contributed by atoms with van der Waals surface area (Å²) in [4.78, 5) is 1.28. The van der Waals surface area contributed by atoms with Crippen LogP contribution in [-0.2, 0) is 12.3 Å². The molecule has 2 N–H and O–H groups in total. The number of nitrogens with two attached hydrogens (primary N) is 1. The molecule has 0 spiro atoms. The first-order chi connectivity index (χ1) is 7.88. The lowest BCUT2D eigenvalue weighted by atomic mass is 10.2. The van der Waals surface area contributed by atoms with Gasteiger partial charge in [0.1, 0.15) is 0 Å². The Labute approximate surface area is 101 Å². The van der Waals surface area contributed by atoms with E-state index in [0.29, 0.717) is 6.54 Å². The molecule has 0 saturated heterocycles. The second-order valence-corrected chi connectivity index (χ2v) is 4.67. The standard InChI is InChI=1S/C14H15NS/c15-10-13-7-4-8-14(9-13)16-11-12-5-2-1-3-6-12/h1-9H,10-11,15H2. The molecule has 0 amide bonds. The first-order valence-corrected chi connectivity index (χ1v) is 6.33. The van der Waals surface area contributed by atoms with E-state index in [1.807, 2.05) is 17.8 Å². The lowest BCUT2D eigenvalue weighted by Gasteiger charge is -2.03. The van der Waals surface area contributed by atoms with Gasteiger partial charge in [0, 0.05) is 17.2 Å². The molecule has 16 heavy (non-hydrogen) atoms. The molecule has 2 aromatic rings. The smallest absolute Gasteiger partial charge is 0.0231 e. The zero-order valence-electron chi connectivity index (χ0n) is 9.10. The van der Waals surface area contributed by atoms with Crippen molar-refractivity contribution in [1.82, 2.24) is 0 Å². The van der Waals surface area contributed by atoms with Crippen molar-refractivity contribution < 1.29 is 0 Å². The lowest BCUT2D eigenvalue weighted by Crippen LogP contribution is -1.95. The minimum absolute atomic E-state index is 0.611. The number of thioether (sulfide) groups is 1. The van der Waals surface area contributed by atoms with Crippen LogP contribution in [0.4, 0.5) is 0 Å². The lowest BCUT2D eigenvalue weighted by molar-refractivity contribution is 1.06. The number of hydrogen-bond acceptors (Lipinski definition) is 2. The third-order valence-corrected chi connectivity index (χ3v) is 3.45. The quantitative estimate of drug-likeness (QED) is 0.813. The summed E-state index contributed by atoms with van der Waals surface area (Å²) in [7, 11) is 0. The molecule has 0 radical (unpaired) electrons. The van der Waals surface area contributed by atoms with Gasteiger partial charge in [-0.25, -0.2) is 0 Å². The highest BCUT2D eigenvalue weighted by Crippen LogP contribution is 2.23. The average Bonchev–Trinajstić information content (AvgIpc) is 2.38. The largest absolute Gasteiger partial charge is 0.326 e. The number of benzene rings is 2. The molecule has 2 heteroatoms. The maximum absolute atomic E-state index is 5.62. The molecular formula is C14H15NS. The Morgan fingerprint density at radius 3 is 2.38 bits per heavy atom. The normalized spacial score (nSPS) is 10.3. The Balaban J connectivity index is 1.99. The Kier molecular flexibility index (Phi) is 4.03. The Morgan fingerprint density at radius 1 is 0.875 bits per heavy atom. The zero-order valence-corrected chi connectivity index (χ0v) is 9.91. The maximum atomic E-state index is 5.62. The molecule has 0 fully saturated rings. The van der Waals surface area contributed by atoms with Crippen LogP contribution >= 0.6 is 11.8 Å². The van der Waals surface area contributed by atoms with Gasteiger partial charge in [-0.3, -0.25) is 0 Å². The van der Waals surface area contributed by atoms with Crippen LogP contribution in [0.2, 0.25) is 0 Å². The summed E-state index contributed by atoms with van der Waals surface area (Å²) in [6.45, 7) is 0.611. The molecule has 0 saturated carbocycles. The molecular weight excluding hydrogens is 214 g/mol. The van der Waals surface area contributed by atoms with E-state index >= 15 is 0 Å². The van der Waals surface area contributed by atoms with Crippen LogP contribution in [0.25, 0.3) is 0 Å². The fraction of sp³-hybridized carbons (Fsp3) is 0.143. The molecule has 0 aliphatic rings. The van der Waals surface area contributed by atoms with E-state index in [4.69, 9.17) is 5.73 Å². The summed E-state index contributed by atoms with van der Waals surface area (Å²) in [5.74, 6) is 1.01. The Bertz CT molecular complexity index is 439. The van der Waals surface area contributed by atoms with E-state index in [9.17, 15) is 0 Å². The maximum Gasteiger partial charge on any atom is 0.0231 e. The second kappa shape index (κ2) is 5.73. The van der Waals surface area contributed by atoms with Crippen LogP contribution in [0.1, 0.15) is 11.1 Å². The van der Waals surface area contributed by atoms with Crippen molar-refractivity contribution in [2.45, 2.75) is 17.2 Å². The highest BCUT2D eigenvalue weighted by atomic mass is 32.2. The van der Waals surface area contributed by atoms with Gasteiger partial charge in [-0.05, 0) is 23.3 Å². The predicted molar refractivity (Wildman–Crippen MR) is 70.3 cm³/mol. The van der Waals surface area contributed by atoms with E-state index < -0.39 is 0 Å². The fourth-order valence-electron chi connectivity index (χ4n) is 1.50. The van der Waals surface area contributed by atoms with Gasteiger partial charge in [0.15, 0.2) is 0 Å². The first-order valence-electron chi connectivity index (χ1n) is 5.34. The van der Waals surface area contributed by atoms with Gasteiger partial charge < -0.3 is 5.73 Å². The minimum atomic E-state index is 0.611. The molecule has 2 aromatic carbocycles. The Hall–Kier alpha value is -1.25. The molecule has 0 aliphatic heterocycles. The Morgan fingerprint density at radius 2 is 1.62 bits per heavy atom. The van der Waals surface area contributed by atoms with E-state index in [1.165, 1.54) is 16.0 Å². The summed E-state index contributed by atoms with van der Waals surface area (Å²) >= 11 is 1.85. The van der Waals surface area contributed by atoms with Crippen LogP contribution in [0.3, 0.4) is 0 Å². The SMILES string of the molecule is NCc1cccc(SCc2ccccc2)c1.